The SMILES string of the molecule is Cc1cccc(NC[C@H](CCO)c2ccccc2)n1. The van der Waals surface area contributed by atoms with Crippen LogP contribution in [0.3, 0.4) is 0 Å². The molecule has 0 bridgehead atoms. The number of rotatable bonds is 6. The molecule has 0 aliphatic rings. The molecular weight excluding hydrogens is 236 g/mol. The van der Waals surface area contributed by atoms with E-state index < -0.39 is 0 Å². The van der Waals surface area contributed by atoms with E-state index in [2.05, 4.69) is 22.4 Å². The summed E-state index contributed by atoms with van der Waals surface area (Å²) >= 11 is 0. The van der Waals surface area contributed by atoms with Crippen LogP contribution in [-0.2, 0) is 0 Å². The van der Waals surface area contributed by atoms with Crippen molar-refractivity contribution in [2.75, 3.05) is 18.5 Å². The van der Waals surface area contributed by atoms with Crippen molar-refractivity contribution in [3.8, 4) is 0 Å². The maximum Gasteiger partial charge on any atom is 0.126 e. The van der Waals surface area contributed by atoms with Crippen molar-refractivity contribution in [1.29, 1.82) is 0 Å². The van der Waals surface area contributed by atoms with E-state index in [1.165, 1.54) is 5.56 Å². The summed E-state index contributed by atoms with van der Waals surface area (Å²) in [4.78, 5) is 4.43. The number of aromatic nitrogens is 1. The van der Waals surface area contributed by atoms with Crippen LogP contribution in [0.15, 0.2) is 48.5 Å². The fourth-order valence-corrected chi connectivity index (χ4v) is 2.14. The van der Waals surface area contributed by atoms with Gasteiger partial charge in [-0.1, -0.05) is 36.4 Å². The van der Waals surface area contributed by atoms with Crippen LogP contribution < -0.4 is 5.32 Å². The third-order valence-electron chi connectivity index (χ3n) is 3.17. The predicted molar refractivity (Wildman–Crippen MR) is 78.3 cm³/mol. The van der Waals surface area contributed by atoms with Crippen molar-refractivity contribution in [2.45, 2.75) is 19.3 Å². The van der Waals surface area contributed by atoms with E-state index in [9.17, 15) is 5.11 Å². The summed E-state index contributed by atoms with van der Waals surface area (Å²) < 4.78 is 0. The highest BCUT2D eigenvalue weighted by atomic mass is 16.3. The average molecular weight is 256 g/mol. The molecule has 1 aromatic heterocycles. The Hall–Kier alpha value is -1.87. The van der Waals surface area contributed by atoms with Crippen LogP contribution in [-0.4, -0.2) is 23.2 Å². The summed E-state index contributed by atoms with van der Waals surface area (Å²) in [5, 5.41) is 12.5. The van der Waals surface area contributed by atoms with Gasteiger partial charge in [0, 0.05) is 24.8 Å². The van der Waals surface area contributed by atoms with Gasteiger partial charge in [0.25, 0.3) is 0 Å². The zero-order valence-electron chi connectivity index (χ0n) is 11.2. The van der Waals surface area contributed by atoms with Gasteiger partial charge in [-0.3, -0.25) is 0 Å². The molecular formula is C16H20N2O. The van der Waals surface area contributed by atoms with Gasteiger partial charge in [0.2, 0.25) is 0 Å². The van der Waals surface area contributed by atoms with E-state index in [1.807, 2.05) is 43.3 Å². The standard InChI is InChI=1S/C16H20N2O/c1-13-6-5-9-16(18-13)17-12-15(10-11-19)14-7-3-2-4-8-14/h2-9,15,19H,10-12H2,1H3,(H,17,18)/t15-/m0/s1. The third kappa shape index (κ3) is 4.07. The summed E-state index contributed by atoms with van der Waals surface area (Å²) in [5.74, 6) is 1.19. The van der Waals surface area contributed by atoms with Crippen molar-refractivity contribution in [1.82, 2.24) is 4.98 Å². The maximum absolute atomic E-state index is 9.20. The minimum absolute atomic E-state index is 0.197. The van der Waals surface area contributed by atoms with Crippen molar-refractivity contribution >= 4 is 5.82 Å². The van der Waals surface area contributed by atoms with Crippen LogP contribution in [0.1, 0.15) is 23.6 Å². The van der Waals surface area contributed by atoms with Crippen LogP contribution in [0, 0.1) is 6.92 Å². The molecule has 0 saturated heterocycles. The number of aliphatic hydroxyl groups is 1. The predicted octanol–water partition coefficient (Wildman–Crippen LogP) is 2.97. The summed E-state index contributed by atoms with van der Waals surface area (Å²) in [6.45, 7) is 2.96. The summed E-state index contributed by atoms with van der Waals surface area (Å²) in [5.41, 5.74) is 2.25. The summed E-state index contributed by atoms with van der Waals surface area (Å²) in [7, 11) is 0. The molecule has 0 aliphatic heterocycles. The lowest BCUT2D eigenvalue weighted by Gasteiger charge is -2.17. The third-order valence-corrected chi connectivity index (χ3v) is 3.17. The minimum atomic E-state index is 0.197. The molecule has 1 aromatic carbocycles. The van der Waals surface area contributed by atoms with Crippen molar-refractivity contribution in [3.63, 3.8) is 0 Å². The van der Waals surface area contributed by atoms with Crippen LogP contribution in [0.25, 0.3) is 0 Å². The lowest BCUT2D eigenvalue weighted by molar-refractivity contribution is 0.277. The quantitative estimate of drug-likeness (QED) is 0.835. The Bertz CT molecular complexity index is 499. The zero-order valence-corrected chi connectivity index (χ0v) is 11.2. The number of aliphatic hydroxyl groups excluding tert-OH is 1. The molecule has 0 spiro atoms. The molecule has 0 amide bonds. The smallest absolute Gasteiger partial charge is 0.126 e. The van der Waals surface area contributed by atoms with Crippen LogP contribution in [0.4, 0.5) is 5.82 Å². The highest BCUT2D eigenvalue weighted by Crippen LogP contribution is 2.19. The first-order valence-corrected chi connectivity index (χ1v) is 6.63. The number of pyridine rings is 1. The largest absolute Gasteiger partial charge is 0.396 e. The molecule has 3 nitrogen and oxygen atoms in total. The van der Waals surface area contributed by atoms with E-state index in [-0.39, 0.29) is 6.61 Å². The molecule has 0 aliphatic carbocycles. The van der Waals surface area contributed by atoms with Gasteiger partial charge in [-0.2, -0.15) is 0 Å². The Labute approximate surface area is 114 Å². The van der Waals surface area contributed by atoms with Gasteiger partial charge < -0.3 is 10.4 Å². The van der Waals surface area contributed by atoms with Crippen LogP contribution in [0.5, 0.6) is 0 Å². The van der Waals surface area contributed by atoms with E-state index >= 15 is 0 Å². The Morgan fingerprint density at radius 1 is 1.11 bits per heavy atom. The van der Waals surface area contributed by atoms with Crippen LogP contribution in [0.2, 0.25) is 0 Å². The number of nitrogens with one attached hydrogen (secondary N) is 1. The van der Waals surface area contributed by atoms with Crippen molar-refractivity contribution < 1.29 is 5.11 Å². The Balaban J connectivity index is 2.01. The molecule has 0 saturated carbocycles. The first-order chi connectivity index (χ1) is 9.29. The van der Waals surface area contributed by atoms with Crippen molar-refractivity contribution in [2.24, 2.45) is 0 Å². The molecule has 2 aromatic rings. The molecule has 1 atom stereocenters. The van der Waals surface area contributed by atoms with E-state index in [1.54, 1.807) is 0 Å². The number of aryl methyl sites for hydroxylation is 1. The molecule has 0 unspecified atom stereocenters. The maximum atomic E-state index is 9.20. The second kappa shape index (κ2) is 6.90. The molecule has 2 rings (SSSR count). The topological polar surface area (TPSA) is 45.1 Å². The van der Waals surface area contributed by atoms with E-state index in [0.29, 0.717) is 5.92 Å². The highest BCUT2D eigenvalue weighted by Gasteiger charge is 2.10. The molecule has 100 valence electrons. The summed E-state index contributed by atoms with van der Waals surface area (Å²) in [6, 6.07) is 16.2. The first-order valence-electron chi connectivity index (χ1n) is 6.63. The van der Waals surface area contributed by atoms with E-state index in [0.717, 1.165) is 24.5 Å². The van der Waals surface area contributed by atoms with E-state index in [4.69, 9.17) is 0 Å². The fourth-order valence-electron chi connectivity index (χ4n) is 2.14. The molecule has 19 heavy (non-hydrogen) atoms. The minimum Gasteiger partial charge on any atom is -0.396 e. The van der Waals surface area contributed by atoms with Gasteiger partial charge in [-0.05, 0) is 31.0 Å². The second-order valence-electron chi connectivity index (χ2n) is 4.66. The fraction of sp³-hybridized carbons (Fsp3) is 0.312. The summed E-state index contributed by atoms with van der Waals surface area (Å²) in [6.07, 6.45) is 0.753. The number of nitrogens with zero attached hydrogens (tertiary/aromatic N) is 1. The highest BCUT2D eigenvalue weighted by molar-refractivity contribution is 5.36. The Morgan fingerprint density at radius 2 is 1.89 bits per heavy atom. The first kappa shape index (κ1) is 13.6. The molecule has 0 radical (unpaired) electrons. The molecule has 3 heteroatoms. The van der Waals surface area contributed by atoms with Crippen LogP contribution >= 0.6 is 0 Å². The number of hydrogen-bond donors (Lipinski definition) is 2. The average Bonchev–Trinajstić information content (AvgIpc) is 2.44. The number of hydrogen-bond acceptors (Lipinski definition) is 3. The lowest BCUT2D eigenvalue weighted by atomic mass is 9.96. The molecule has 2 N–H and O–H groups in total. The van der Waals surface area contributed by atoms with Gasteiger partial charge >= 0.3 is 0 Å². The normalized spacial score (nSPS) is 12.1. The lowest BCUT2D eigenvalue weighted by Crippen LogP contribution is -2.15. The number of benzene rings is 1. The molecule has 1 heterocycles. The van der Waals surface area contributed by atoms with Crippen molar-refractivity contribution in [3.05, 3.63) is 59.8 Å². The second-order valence-corrected chi connectivity index (χ2v) is 4.66. The Morgan fingerprint density at radius 3 is 2.58 bits per heavy atom. The Kier molecular flexibility index (Phi) is 4.93. The zero-order chi connectivity index (χ0) is 13.5. The molecule has 0 fully saturated rings. The van der Waals surface area contributed by atoms with Gasteiger partial charge in [0.05, 0.1) is 0 Å². The van der Waals surface area contributed by atoms with Gasteiger partial charge in [-0.15, -0.1) is 0 Å². The van der Waals surface area contributed by atoms with Gasteiger partial charge in [0.15, 0.2) is 0 Å². The van der Waals surface area contributed by atoms with Gasteiger partial charge in [-0.25, -0.2) is 4.98 Å². The van der Waals surface area contributed by atoms with Gasteiger partial charge in [0.1, 0.15) is 5.82 Å². The monoisotopic (exact) mass is 256 g/mol. The number of anilines is 1.